The highest BCUT2D eigenvalue weighted by Crippen LogP contribution is 2.37. The van der Waals surface area contributed by atoms with Crippen LogP contribution in [0.25, 0.3) is 0 Å². The van der Waals surface area contributed by atoms with Gasteiger partial charge in [0.2, 0.25) is 11.8 Å². The summed E-state index contributed by atoms with van der Waals surface area (Å²) in [6.07, 6.45) is -10.0. The molecule has 3 rings (SSSR count). The normalized spacial score (nSPS) is 18.2. The summed E-state index contributed by atoms with van der Waals surface area (Å²) in [7, 11) is 0. The third-order valence-corrected chi connectivity index (χ3v) is 5.23. The molecule has 2 heterocycles. The Hall–Kier alpha value is -2.70. The fourth-order valence-electron chi connectivity index (χ4n) is 2.87. The number of hydrogen-bond donors (Lipinski definition) is 2. The quantitative estimate of drug-likeness (QED) is 0.692. The number of benzene rings is 1. The number of thiazole rings is 1. The van der Waals surface area contributed by atoms with Gasteiger partial charge in [-0.05, 0) is 17.7 Å². The molecule has 0 aliphatic carbocycles. The van der Waals surface area contributed by atoms with E-state index in [0.29, 0.717) is 12.1 Å². The van der Waals surface area contributed by atoms with E-state index in [-0.39, 0.29) is 35.6 Å². The minimum atomic E-state index is -5.06. The molecule has 2 atom stereocenters. The van der Waals surface area contributed by atoms with Gasteiger partial charge in [-0.3, -0.25) is 9.59 Å². The summed E-state index contributed by atoms with van der Waals surface area (Å²) in [5.74, 6) is -3.61. The van der Waals surface area contributed by atoms with E-state index in [0.717, 1.165) is 11.4 Å². The highest BCUT2D eigenvalue weighted by Gasteiger charge is 2.38. The highest BCUT2D eigenvalue weighted by molar-refractivity contribution is 7.09. The van der Waals surface area contributed by atoms with E-state index >= 15 is 0 Å². The molecule has 0 spiro atoms. The molecule has 30 heavy (non-hydrogen) atoms. The van der Waals surface area contributed by atoms with Crippen LogP contribution in [-0.2, 0) is 21.9 Å². The summed E-state index contributed by atoms with van der Waals surface area (Å²) in [5, 5.41) is 4.42. The first-order chi connectivity index (χ1) is 13.9. The lowest BCUT2D eigenvalue weighted by Gasteiger charge is -2.21. The maximum absolute atomic E-state index is 13.6. The van der Waals surface area contributed by atoms with Crippen LogP contribution < -0.4 is 10.6 Å². The van der Waals surface area contributed by atoms with Crippen LogP contribution in [-0.4, -0.2) is 23.3 Å². The Morgan fingerprint density at radius 1 is 1.20 bits per heavy atom. The molecule has 0 saturated carbocycles. The zero-order valence-electron chi connectivity index (χ0n) is 14.7. The number of nitrogens with zero attached hydrogens (tertiary/aromatic N) is 1. The van der Waals surface area contributed by atoms with Crippen LogP contribution in [0.2, 0.25) is 0 Å². The molecule has 162 valence electrons. The van der Waals surface area contributed by atoms with Crippen molar-refractivity contribution in [3.63, 3.8) is 0 Å². The molecular formula is C17H12F7N3O2S. The maximum atomic E-state index is 13.6. The average Bonchev–Trinajstić information content (AvgIpc) is 3.28. The Morgan fingerprint density at radius 3 is 2.43 bits per heavy atom. The van der Waals surface area contributed by atoms with Crippen LogP contribution >= 0.6 is 11.3 Å². The number of aromatic nitrogens is 1. The second kappa shape index (κ2) is 7.85. The van der Waals surface area contributed by atoms with Crippen molar-refractivity contribution in [2.45, 2.75) is 24.8 Å². The van der Waals surface area contributed by atoms with Crippen LogP contribution in [0, 0.1) is 11.7 Å². The van der Waals surface area contributed by atoms with Crippen LogP contribution in [0.15, 0.2) is 23.6 Å². The largest absolute Gasteiger partial charge is 0.443 e. The molecule has 1 unspecified atom stereocenters. The van der Waals surface area contributed by atoms with Crippen LogP contribution in [0.4, 0.5) is 30.7 Å². The SMILES string of the molecule is O=C1C[C@H](C(=O)NC(c2ccc(F)c(C(F)(F)F)c2)c2csc(C(F)(F)F)n2)CN1. The zero-order valence-corrected chi connectivity index (χ0v) is 15.5. The fraction of sp³-hybridized carbons (Fsp3) is 0.353. The van der Waals surface area contributed by atoms with Crippen LogP contribution in [0.3, 0.4) is 0 Å². The second-order valence-electron chi connectivity index (χ2n) is 6.46. The van der Waals surface area contributed by atoms with Gasteiger partial charge in [0.05, 0.1) is 23.2 Å². The lowest BCUT2D eigenvalue weighted by atomic mass is 9.99. The maximum Gasteiger partial charge on any atom is 0.443 e. The topological polar surface area (TPSA) is 71.1 Å². The molecule has 1 aliphatic rings. The first-order valence-corrected chi connectivity index (χ1v) is 9.20. The second-order valence-corrected chi connectivity index (χ2v) is 7.32. The third kappa shape index (κ3) is 4.71. The van der Waals surface area contributed by atoms with Gasteiger partial charge in [-0.15, -0.1) is 11.3 Å². The lowest BCUT2D eigenvalue weighted by molar-refractivity contribution is -0.140. The Labute approximate surface area is 168 Å². The van der Waals surface area contributed by atoms with E-state index in [1.165, 1.54) is 0 Å². The number of rotatable bonds is 4. The molecule has 1 aromatic carbocycles. The van der Waals surface area contributed by atoms with Gasteiger partial charge in [-0.1, -0.05) is 6.07 Å². The molecule has 0 radical (unpaired) electrons. The summed E-state index contributed by atoms with van der Waals surface area (Å²) in [5.41, 5.74) is -2.31. The standard InChI is InChI=1S/C17H12F7N3O2S/c18-10-2-1-7(3-9(10)16(19,20)21)13(11-6-30-15(26-11)17(22,23)24)27-14(29)8-4-12(28)25-5-8/h1-3,6,8,13H,4-5H2,(H,25,28)(H,27,29)/t8-,13?/m0/s1. The molecule has 2 N–H and O–H groups in total. The van der Waals surface area contributed by atoms with Gasteiger partial charge in [0, 0.05) is 18.3 Å². The number of halogens is 7. The van der Waals surface area contributed by atoms with Gasteiger partial charge in [-0.25, -0.2) is 9.37 Å². The first kappa shape index (κ1) is 22.0. The van der Waals surface area contributed by atoms with Gasteiger partial charge >= 0.3 is 12.4 Å². The average molecular weight is 455 g/mol. The Bertz CT molecular complexity index is 971. The van der Waals surface area contributed by atoms with Gasteiger partial charge in [0.1, 0.15) is 5.82 Å². The summed E-state index contributed by atoms with van der Waals surface area (Å²) in [6, 6.07) is 0.322. The van der Waals surface area contributed by atoms with Crippen molar-refractivity contribution in [2.75, 3.05) is 6.54 Å². The van der Waals surface area contributed by atoms with Crippen LogP contribution in [0.5, 0.6) is 0 Å². The van der Waals surface area contributed by atoms with Gasteiger partial charge in [0.25, 0.3) is 0 Å². The molecule has 2 amide bonds. The Kier molecular flexibility index (Phi) is 5.76. The van der Waals surface area contributed by atoms with Crippen LogP contribution in [0.1, 0.15) is 34.3 Å². The first-order valence-electron chi connectivity index (χ1n) is 8.32. The van der Waals surface area contributed by atoms with Crippen molar-refractivity contribution in [1.29, 1.82) is 0 Å². The van der Waals surface area contributed by atoms with Crippen molar-refractivity contribution in [3.8, 4) is 0 Å². The number of alkyl halides is 6. The molecule has 1 aliphatic heterocycles. The van der Waals surface area contributed by atoms with E-state index in [1.807, 2.05) is 0 Å². The molecule has 1 aromatic heterocycles. The molecule has 13 heteroatoms. The van der Waals surface area contributed by atoms with Crippen molar-refractivity contribution in [1.82, 2.24) is 15.6 Å². The molecule has 2 aromatic rings. The van der Waals surface area contributed by atoms with E-state index in [2.05, 4.69) is 15.6 Å². The number of carbonyl (C=O) groups is 2. The predicted octanol–water partition coefficient (Wildman–Crippen LogP) is 3.66. The van der Waals surface area contributed by atoms with E-state index in [1.54, 1.807) is 0 Å². The van der Waals surface area contributed by atoms with Crippen molar-refractivity contribution in [2.24, 2.45) is 5.92 Å². The molecular weight excluding hydrogens is 443 g/mol. The molecule has 1 fully saturated rings. The predicted molar refractivity (Wildman–Crippen MR) is 89.6 cm³/mol. The minimum Gasteiger partial charge on any atom is -0.355 e. The third-order valence-electron chi connectivity index (χ3n) is 4.32. The lowest BCUT2D eigenvalue weighted by Crippen LogP contribution is -2.35. The van der Waals surface area contributed by atoms with E-state index < -0.39 is 52.5 Å². The molecule has 1 saturated heterocycles. The van der Waals surface area contributed by atoms with Gasteiger partial charge in [0.15, 0.2) is 5.01 Å². The van der Waals surface area contributed by atoms with Crippen molar-refractivity contribution < 1.29 is 40.3 Å². The highest BCUT2D eigenvalue weighted by atomic mass is 32.1. The van der Waals surface area contributed by atoms with Crippen molar-refractivity contribution in [3.05, 3.63) is 51.2 Å². The number of hydrogen-bond acceptors (Lipinski definition) is 4. The summed E-state index contributed by atoms with van der Waals surface area (Å²) in [4.78, 5) is 27.1. The number of amides is 2. The summed E-state index contributed by atoms with van der Waals surface area (Å²) >= 11 is 0.202. The van der Waals surface area contributed by atoms with Gasteiger partial charge in [-0.2, -0.15) is 26.3 Å². The number of carbonyl (C=O) groups excluding carboxylic acids is 2. The summed E-state index contributed by atoms with van der Waals surface area (Å²) in [6.45, 7) is -0.0283. The Balaban J connectivity index is 2.00. The minimum absolute atomic E-state index is 0.0283. The fourth-order valence-corrected chi connectivity index (χ4v) is 3.58. The summed E-state index contributed by atoms with van der Waals surface area (Å²) < 4.78 is 91.6. The molecule has 0 bridgehead atoms. The number of nitrogens with one attached hydrogen (secondary N) is 2. The van der Waals surface area contributed by atoms with E-state index in [9.17, 15) is 40.3 Å². The molecule has 5 nitrogen and oxygen atoms in total. The monoisotopic (exact) mass is 455 g/mol. The van der Waals surface area contributed by atoms with E-state index in [4.69, 9.17) is 0 Å². The van der Waals surface area contributed by atoms with Crippen molar-refractivity contribution >= 4 is 23.2 Å². The zero-order chi connectivity index (χ0) is 22.3. The van der Waals surface area contributed by atoms with Gasteiger partial charge < -0.3 is 10.6 Å². The smallest absolute Gasteiger partial charge is 0.355 e. The Morgan fingerprint density at radius 2 is 1.90 bits per heavy atom.